The van der Waals surface area contributed by atoms with Crippen LogP contribution in [0.4, 0.5) is 5.69 Å². The number of anilines is 1. The van der Waals surface area contributed by atoms with Crippen molar-refractivity contribution in [2.75, 3.05) is 11.4 Å². The molecule has 1 aliphatic carbocycles. The van der Waals surface area contributed by atoms with Crippen LogP contribution in [-0.4, -0.2) is 36.3 Å². The van der Waals surface area contributed by atoms with Crippen molar-refractivity contribution in [2.45, 2.75) is 37.8 Å². The Balaban J connectivity index is 1.43. The van der Waals surface area contributed by atoms with Crippen LogP contribution >= 0.6 is 0 Å². The normalized spacial score (nSPS) is 19.7. The number of hydrogen-bond acceptors (Lipinski definition) is 3. The lowest BCUT2D eigenvalue weighted by Crippen LogP contribution is -2.50. The summed E-state index contributed by atoms with van der Waals surface area (Å²) in [6.07, 6.45) is 2.55. The van der Waals surface area contributed by atoms with Crippen LogP contribution in [0.3, 0.4) is 0 Å². The number of nitrogens with zero attached hydrogens (tertiary/aromatic N) is 1. The van der Waals surface area contributed by atoms with Gasteiger partial charge in [-0.3, -0.25) is 14.4 Å². The first-order valence-electron chi connectivity index (χ1n) is 10.1. The summed E-state index contributed by atoms with van der Waals surface area (Å²) in [6, 6.07) is 18.6. The second-order valence-electron chi connectivity index (χ2n) is 7.77. The molecule has 2 N–H and O–H groups in total. The SMILES string of the molecule is O=C(N[C@@H](Cc1ccccc1)C(=O)NC1CC1)C1CC(=O)N(c2ccccc2)C1. The highest BCUT2D eigenvalue weighted by Gasteiger charge is 2.37. The van der Waals surface area contributed by atoms with Crippen molar-refractivity contribution in [1.29, 1.82) is 0 Å². The highest BCUT2D eigenvalue weighted by Crippen LogP contribution is 2.25. The summed E-state index contributed by atoms with van der Waals surface area (Å²) in [5.74, 6) is -0.939. The third kappa shape index (κ3) is 4.83. The Bertz CT molecular complexity index is 881. The van der Waals surface area contributed by atoms with Crippen molar-refractivity contribution in [3.63, 3.8) is 0 Å². The summed E-state index contributed by atoms with van der Waals surface area (Å²) in [5.41, 5.74) is 1.78. The third-order valence-electron chi connectivity index (χ3n) is 5.40. The van der Waals surface area contributed by atoms with E-state index in [0.717, 1.165) is 24.1 Å². The van der Waals surface area contributed by atoms with Crippen LogP contribution in [0.25, 0.3) is 0 Å². The monoisotopic (exact) mass is 391 g/mol. The first kappa shape index (κ1) is 19.2. The third-order valence-corrected chi connectivity index (χ3v) is 5.40. The molecule has 0 aromatic heterocycles. The van der Waals surface area contributed by atoms with Gasteiger partial charge < -0.3 is 15.5 Å². The number of nitrogens with one attached hydrogen (secondary N) is 2. The molecule has 0 spiro atoms. The topological polar surface area (TPSA) is 78.5 Å². The van der Waals surface area contributed by atoms with Gasteiger partial charge in [0.15, 0.2) is 0 Å². The maximum Gasteiger partial charge on any atom is 0.243 e. The van der Waals surface area contributed by atoms with Crippen LogP contribution in [-0.2, 0) is 20.8 Å². The fourth-order valence-electron chi connectivity index (χ4n) is 3.62. The van der Waals surface area contributed by atoms with Gasteiger partial charge in [-0.2, -0.15) is 0 Å². The molecule has 1 aliphatic heterocycles. The fraction of sp³-hybridized carbons (Fsp3) is 0.348. The molecule has 29 heavy (non-hydrogen) atoms. The lowest BCUT2D eigenvalue weighted by Gasteiger charge is -2.21. The number of para-hydroxylation sites is 1. The molecular weight excluding hydrogens is 366 g/mol. The van der Waals surface area contributed by atoms with Crippen molar-refractivity contribution in [3.05, 3.63) is 66.2 Å². The molecule has 0 radical (unpaired) electrons. The molecule has 2 fully saturated rings. The zero-order chi connectivity index (χ0) is 20.2. The fourth-order valence-corrected chi connectivity index (χ4v) is 3.62. The molecule has 1 saturated heterocycles. The molecule has 1 saturated carbocycles. The van der Waals surface area contributed by atoms with Gasteiger partial charge in [0, 0.05) is 31.1 Å². The largest absolute Gasteiger partial charge is 0.352 e. The molecule has 2 aromatic carbocycles. The Kier molecular flexibility index (Phi) is 5.60. The van der Waals surface area contributed by atoms with Gasteiger partial charge in [0.05, 0.1) is 5.92 Å². The molecule has 1 heterocycles. The second-order valence-corrected chi connectivity index (χ2v) is 7.77. The number of amides is 3. The molecule has 6 nitrogen and oxygen atoms in total. The molecule has 150 valence electrons. The van der Waals surface area contributed by atoms with Crippen LogP contribution in [0.15, 0.2) is 60.7 Å². The van der Waals surface area contributed by atoms with E-state index in [-0.39, 0.29) is 30.2 Å². The van der Waals surface area contributed by atoms with Gasteiger partial charge in [0.1, 0.15) is 6.04 Å². The van der Waals surface area contributed by atoms with Gasteiger partial charge in [-0.25, -0.2) is 0 Å². The number of carbonyl (C=O) groups is 3. The van der Waals surface area contributed by atoms with E-state index < -0.39 is 12.0 Å². The van der Waals surface area contributed by atoms with Crippen molar-refractivity contribution in [1.82, 2.24) is 10.6 Å². The van der Waals surface area contributed by atoms with Crippen molar-refractivity contribution < 1.29 is 14.4 Å². The van der Waals surface area contributed by atoms with Gasteiger partial charge in [-0.1, -0.05) is 48.5 Å². The van der Waals surface area contributed by atoms with Crippen LogP contribution in [0.5, 0.6) is 0 Å². The van der Waals surface area contributed by atoms with Crippen LogP contribution < -0.4 is 15.5 Å². The van der Waals surface area contributed by atoms with Crippen LogP contribution in [0.2, 0.25) is 0 Å². The molecule has 6 heteroatoms. The molecule has 4 rings (SSSR count). The van der Waals surface area contributed by atoms with E-state index in [2.05, 4.69) is 10.6 Å². The highest BCUT2D eigenvalue weighted by molar-refractivity contribution is 6.01. The number of rotatable bonds is 7. The van der Waals surface area contributed by atoms with E-state index in [4.69, 9.17) is 0 Å². The first-order valence-corrected chi connectivity index (χ1v) is 10.1. The molecule has 0 bridgehead atoms. The van der Waals surface area contributed by atoms with Crippen molar-refractivity contribution >= 4 is 23.4 Å². The average Bonchev–Trinajstić information content (AvgIpc) is 3.47. The molecular formula is C23H25N3O3. The Morgan fingerprint density at radius 1 is 1.00 bits per heavy atom. The van der Waals surface area contributed by atoms with E-state index in [1.165, 1.54) is 0 Å². The van der Waals surface area contributed by atoms with Gasteiger partial charge in [-0.15, -0.1) is 0 Å². The minimum Gasteiger partial charge on any atom is -0.352 e. The van der Waals surface area contributed by atoms with E-state index in [0.29, 0.717) is 13.0 Å². The quantitative estimate of drug-likeness (QED) is 0.758. The predicted molar refractivity (Wildman–Crippen MR) is 110 cm³/mol. The smallest absolute Gasteiger partial charge is 0.243 e. The van der Waals surface area contributed by atoms with Gasteiger partial charge in [0.25, 0.3) is 0 Å². The summed E-state index contributed by atoms with van der Waals surface area (Å²) in [4.78, 5) is 39.7. The second kappa shape index (κ2) is 8.47. The Morgan fingerprint density at radius 2 is 1.66 bits per heavy atom. The minimum atomic E-state index is -0.647. The highest BCUT2D eigenvalue weighted by atomic mass is 16.2. The first-order chi connectivity index (χ1) is 14.1. The van der Waals surface area contributed by atoms with Gasteiger partial charge in [0.2, 0.25) is 17.7 Å². The Hall–Kier alpha value is -3.15. The summed E-state index contributed by atoms with van der Waals surface area (Å²) in [7, 11) is 0. The number of benzene rings is 2. The zero-order valence-corrected chi connectivity index (χ0v) is 16.2. The van der Waals surface area contributed by atoms with Crippen LogP contribution in [0, 0.1) is 5.92 Å². The Morgan fingerprint density at radius 3 is 2.31 bits per heavy atom. The Labute approximate surface area is 170 Å². The number of carbonyl (C=O) groups excluding carboxylic acids is 3. The average molecular weight is 391 g/mol. The molecule has 1 unspecified atom stereocenters. The maximum atomic E-state index is 12.9. The minimum absolute atomic E-state index is 0.0709. The van der Waals surface area contributed by atoms with Gasteiger partial charge in [-0.05, 0) is 30.5 Å². The van der Waals surface area contributed by atoms with Crippen molar-refractivity contribution in [2.24, 2.45) is 5.92 Å². The summed E-state index contributed by atoms with van der Waals surface area (Å²) in [5, 5.41) is 5.89. The summed E-state index contributed by atoms with van der Waals surface area (Å²) < 4.78 is 0. The summed E-state index contributed by atoms with van der Waals surface area (Å²) in [6.45, 7) is 0.330. The molecule has 3 amide bonds. The predicted octanol–water partition coefficient (Wildman–Crippen LogP) is 2.05. The van der Waals surface area contributed by atoms with Crippen LogP contribution in [0.1, 0.15) is 24.8 Å². The lowest BCUT2D eigenvalue weighted by molar-refractivity contribution is -0.131. The van der Waals surface area contributed by atoms with E-state index in [1.54, 1.807) is 4.90 Å². The van der Waals surface area contributed by atoms with E-state index in [1.807, 2.05) is 60.7 Å². The maximum absolute atomic E-state index is 12.9. The van der Waals surface area contributed by atoms with Gasteiger partial charge >= 0.3 is 0 Å². The zero-order valence-electron chi connectivity index (χ0n) is 16.2. The standard InChI is InChI=1S/C23H25N3O3/c27-21-14-17(15-26(21)19-9-5-2-6-10-19)22(28)25-20(23(29)24-18-11-12-18)13-16-7-3-1-4-8-16/h1-10,17-18,20H,11-15H2,(H,24,29)(H,25,28)/t17?,20-/m0/s1. The van der Waals surface area contributed by atoms with E-state index in [9.17, 15) is 14.4 Å². The summed E-state index contributed by atoms with van der Waals surface area (Å²) >= 11 is 0. The molecule has 2 atom stereocenters. The molecule has 2 aromatic rings. The number of hydrogen-bond donors (Lipinski definition) is 2. The van der Waals surface area contributed by atoms with E-state index >= 15 is 0 Å². The lowest BCUT2D eigenvalue weighted by atomic mass is 10.0. The molecule has 2 aliphatic rings. The van der Waals surface area contributed by atoms with Crippen molar-refractivity contribution in [3.8, 4) is 0 Å².